The number of halogens is 3. The summed E-state index contributed by atoms with van der Waals surface area (Å²) in [5, 5.41) is 0. The maximum atomic E-state index is 13.4. The molecular weight excluding hydrogens is 357 g/mol. The molecule has 1 aromatic heterocycles. The van der Waals surface area contributed by atoms with E-state index in [0.717, 1.165) is 5.56 Å². The number of alkyl halides is 3. The van der Waals surface area contributed by atoms with Gasteiger partial charge in [-0.2, -0.15) is 13.2 Å². The molecule has 0 amide bonds. The lowest BCUT2D eigenvalue weighted by atomic mass is 9.94. The minimum absolute atomic E-state index is 0.0151. The number of benzene rings is 1. The number of carbonyl (C=O) groups excluding carboxylic acids is 1. The summed E-state index contributed by atoms with van der Waals surface area (Å²) < 4.78 is 45.3. The normalized spacial score (nSPS) is 14.5. The predicted molar refractivity (Wildman–Crippen MR) is 94.7 cm³/mol. The molecular formula is C20H19F3N2O2. The van der Waals surface area contributed by atoms with Crippen molar-refractivity contribution < 1.29 is 22.7 Å². The maximum absolute atomic E-state index is 13.4. The van der Waals surface area contributed by atoms with Crippen LogP contribution >= 0.6 is 0 Å². The smallest absolute Gasteiger partial charge is 0.434 e. The second-order valence-corrected chi connectivity index (χ2v) is 6.55. The summed E-state index contributed by atoms with van der Waals surface area (Å²) in [5.74, 6) is -0.239. The van der Waals surface area contributed by atoms with Gasteiger partial charge in [-0.3, -0.25) is 4.79 Å². The molecule has 0 saturated heterocycles. The van der Waals surface area contributed by atoms with Crippen LogP contribution in [0.15, 0.2) is 41.4 Å². The Morgan fingerprint density at radius 2 is 1.96 bits per heavy atom. The molecule has 0 fully saturated rings. The van der Waals surface area contributed by atoms with Crippen LogP contribution in [0, 0.1) is 0 Å². The van der Waals surface area contributed by atoms with Gasteiger partial charge in [-0.1, -0.05) is 37.3 Å². The molecule has 2 aromatic rings. The molecule has 142 valence electrons. The predicted octanol–water partition coefficient (Wildman–Crippen LogP) is 4.31. The second-order valence-electron chi connectivity index (χ2n) is 6.55. The fourth-order valence-corrected chi connectivity index (χ4v) is 3.23. The monoisotopic (exact) mass is 376 g/mol. The first kappa shape index (κ1) is 19.1. The number of aromatic nitrogens is 1. The molecule has 0 saturated carbocycles. The molecule has 0 bridgehead atoms. The Hall–Kier alpha value is -2.70. The first-order chi connectivity index (χ1) is 12.8. The van der Waals surface area contributed by atoms with Gasteiger partial charge in [0.2, 0.25) is 5.90 Å². The van der Waals surface area contributed by atoms with E-state index in [0.29, 0.717) is 5.56 Å². The number of aliphatic imine (C=N–C) groups is 1. The van der Waals surface area contributed by atoms with E-state index in [4.69, 9.17) is 4.74 Å². The van der Waals surface area contributed by atoms with Crippen molar-refractivity contribution in [2.24, 2.45) is 4.99 Å². The van der Waals surface area contributed by atoms with Crippen molar-refractivity contribution >= 4 is 11.7 Å². The molecule has 1 aliphatic rings. The van der Waals surface area contributed by atoms with Crippen LogP contribution in [0.3, 0.4) is 0 Å². The largest absolute Gasteiger partial charge is 0.481 e. The molecule has 0 spiro atoms. The van der Waals surface area contributed by atoms with E-state index in [1.807, 2.05) is 37.3 Å². The number of ketones is 1. The Morgan fingerprint density at radius 3 is 2.59 bits per heavy atom. The Kier molecular flexibility index (Phi) is 5.30. The average molecular weight is 376 g/mol. The van der Waals surface area contributed by atoms with Gasteiger partial charge in [-0.15, -0.1) is 0 Å². The van der Waals surface area contributed by atoms with E-state index in [1.54, 1.807) is 0 Å². The van der Waals surface area contributed by atoms with E-state index >= 15 is 0 Å². The summed E-state index contributed by atoms with van der Waals surface area (Å²) >= 11 is 0. The standard InChI is InChI=1S/C20H19F3N2O2/c1-12(13-6-4-3-5-7-13)8-16(26)10-15-9-14-11-24-19(27-2)17(14)18(25-15)20(21,22)23/h3-7,9,12H,8,10-11H2,1-2H3/t12-/m0/s1. The van der Waals surface area contributed by atoms with Crippen LogP contribution in [-0.4, -0.2) is 23.8 Å². The third kappa shape index (κ3) is 4.18. The van der Waals surface area contributed by atoms with Crippen LogP contribution < -0.4 is 0 Å². The number of nitrogens with zero attached hydrogens (tertiary/aromatic N) is 2. The SMILES string of the molecule is COC1=NCc2cc(CC(=O)C[C@H](C)c3ccccc3)nc(C(F)(F)F)c21. The van der Waals surface area contributed by atoms with Gasteiger partial charge in [-0.25, -0.2) is 9.98 Å². The summed E-state index contributed by atoms with van der Waals surface area (Å²) in [4.78, 5) is 20.1. The minimum atomic E-state index is -4.65. The second kappa shape index (κ2) is 7.50. The van der Waals surface area contributed by atoms with Crippen LogP contribution in [0.4, 0.5) is 13.2 Å². The van der Waals surface area contributed by atoms with E-state index in [1.165, 1.54) is 13.2 Å². The highest BCUT2D eigenvalue weighted by Crippen LogP contribution is 2.35. The average Bonchev–Trinajstić information content (AvgIpc) is 3.03. The Bertz CT molecular complexity index is 877. The number of fused-ring (bicyclic) bond motifs is 1. The highest BCUT2D eigenvalue weighted by Gasteiger charge is 2.40. The van der Waals surface area contributed by atoms with Crippen LogP contribution in [-0.2, 0) is 28.7 Å². The number of Topliss-reactive ketones (excluding diaryl/α,β-unsaturated/α-hetero) is 1. The highest BCUT2D eigenvalue weighted by atomic mass is 19.4. The summed E-state index contributed by atoms with van der Waals surface area (Å²) in [6.07, 6.45) is -4.55. The van der Waals surface area contributed by atoms with Crippen molar-refractivity contribution in [3.63, 3.8) is 0 Å². The van der Waals surface area contributed by atoms with Gasteiger partial charge < -0.3 is 4.74 Å². The van der Waals surface area contributed by atoms with Crippen LogP contribution in [0.5, 0.6) is 0 Å². The van der Waals surface area contributed by atoms with E-state index < -0.39 is 11.9 Å². The molecule has 27 heavy (non-hydrogen) atoms. The number of rotatable bonds is 5. The summed E-state index contributed by atoms with van der Waals surface area (Å²) in [6, 6.07) is 11.0. The summed E-state index contributed by atoms with van der Waals surface area (Å²) in [5.41, 5.74) is 0.338. The molecule has 0 aliphatic carbocycles. The zero-order valence-electron chi connectivity index (χ0n) is 15.0. The maximum Gasteiger partial charge on any atom is 0.434 e. The quantitative estimate of drug-likeness (QED) is 0.781. The molecule has 7 heteroatoms. The highest BCUT2D eigenvalue weighted by molar-refractivity contribution is 5.99. The van der Waals surface area contributed by atoms with Gasteiger partial charge in [-0.05, 0) is 23.1 Å². The zero-order valence-corrected chi connectivity index (χ0v) is 15.0. The van der Waals surface area contributed by atoms with Gasteiger partial charge in [0.25, 0.3) is 0 Å². The van der Waals surface area contributed by atoms with E-state index in [2.05, 4.69) is 9.98 Å². The molecule has 1 atom stereocenters. The third-order valence-corrected chi connectivity index (χ3v) is 4.50. The molecule has 3 rings (SSSR count). The van der Waals surface area contributed by atoms with E-state index in [-0.39, 0.29) is 48.2 Å². The molecule has 0 N–H and O–H groups in total. The number of methoxy groups -OCH3 is 1. The first-order valence-corrected chi connectivity index (χ1v) is 8.55. The lowest BCUT2D eigenvalue weighted by Gasteiger charge is -2.15. The minimum Gasteiger partial charge on any atom is -0.481 e. The fourth-order valence-electron chi connectivity index (χ4n) is 3.23. The van der Waals surface area contributed by atoms with Crippen molar-refractivity contribution in [3.05, 3.63) is 64.5 Å². The lowest BCUT2D eigenvalue weighted by molar-refractivity contribution is -0.141. The number of ether oxygens (including phenoxy) is 1. The number of hydrogen-bond acceptors (Lipinski definition) is 4. The number of hydrogen-bond donors (Lipinski definition) is 0. The Morgan fingerprint density at radius 1 is 1.26 bits per heavy atom. The van der Waals surface area contributed by atoms with Crippen LogP contribution in [0.1, 0.15) is 47.3 Å². The topological polar surface area (TPSA) is 51.5 Å². The molecule has 0 unspecified atom stereocenters. The van der Waals surface area contributed by atoms with Crippen LogP contribution in [0.2, 0.25) is 0 Å². The first-order valence-electron chi connectivity index (χ1n) is 8.55. The van der Waals surface area contributed by atoms with E-state index in [9.17, 15) is 18.0 Å². The third-order valence-electron chi connectivity index (χ3n) is 4.50. The van der Waals surface area contributed by atoms with Gasteiger partial charge >= 0.3 is 6.18 Å². The molecule has 1 aliphatic heterocycles. The Labute approximate surface area is 155 Å². The van der Waals surface area contributed by atoms with Gasteiger partial charge in [0, 0.05) is 18.5 Å². The molecule has 2 heterocycles. The Balaban J connectivity index is 1.81. The molecule has 1 aromatic carbocycles. The van der Waals surface area contributed by atoms with Crippen molar-refractivity contribution in [1.29, 1.82) is 0 Å². The van der Waals surface area contributed by atoms with Crippen molar-refractivity contribution in [2.75, 3.05) is 7.11 Å². The summed E-state index contributed by atoms with van der Waals surface area (Å²) in [7, 11) is 1.27. The lowest BCUT2D eigenvalue weighted by Crippen LogP contribution is -2.19. The number of pyridine rings is 1. The van der Waals surface area contributed by atoms with Crippen LogP contribution in [0.25, 0.3) is 0 Å². The number of carbonyl (C=O) groups is 1. The van der Waals surface area contributed by atoms with Crippen molar-refractivity contribution in [1.82, 2.24) is 4.98 Å². The fraction of sp³-hybridized carbons (Fsp3) is 0.350. The zero-order chi connectivity index (χ0) is 19.6. The van der Waals surface area contributed by atoms with Gasteiger partial charge in [0.1, 0.15) is 5.78 Å². The van der Waals surface area contributed by atoms with Gasteiger partial charge in [0.15, 0.2) is 5.69 Å². The van der Waals surface area contributed by atoms with Crippen molar-refractivity contribution in [3.8, 4) is 0 Å². The van der Waals surface area contributed by atoms with Crippen molar-refractivity contribution in [2.45, 2.75) is 38.4 Å². The molecule has 0 radical (unpaired) electrons. The summed E-state index contributed by atoms with van der Waals surface area (Å²) in [6.45, 7) is 2.01. The van der Waals surface area contributed by atoms with Gasteiger partial charge in [0.05, 0.1) is 19.2 Å². The molecule has 4 nitrogen and oxygen atoms in total.